The number of halogens is 1. The molecule has 3 nitrogen and oxygen atoms in total. The van der Waals surface area contributed by atoms with Gasteiger partial charge in [-0.05, 0) is 36.6 Å². The van der Waals surface area contributed by atoms with Gasteiger partial charge in [-0.3, -0.25) is 4.79 Å². The van der Waals surface area contributed by atoms with Gasteiger partial charge in [0.25, 0.3) is 0 Å². The van der Waals surface area contributed by atoms with E-state index in [1.54, 1.807) is 0 Å². The van der Waals surface area contributed by atoms with Crippen LogP contribution in [-0.4, -0.2) is 19.0 Å². The van der Waals surface area contributed by atoms with Crippen molar-refractivity contribution < 1.29 is 4.79 Å². The average molecular weight is 317 g/mol. The minimum Gasteiger partial charge on any atom is -0.355 e. The lowest BCUT2D eigenvalue weighted by molar-refractivity contribution is -0.120. The van der Waals surface area contributed by atoms with Crippen molar-refractivity contribution in [3.05, 3.63) is 70.7 Å². The molecule has 0 aliphatic rings. The van der Waals surface area contributed by atoms with E-state index in [9.17, 15) is 4.79 Å². The molecule has 0 fully saturated rings. The molecule has 0 saturated carbocycles. The van der Waals surface area contributed by atoms with Gasteiger partial charge in [0, 0.05) is 17.6 Å². The van der Waals surface area contributed by atoms with Crippen molar-refractivity contribution in [1.82, 2.24) is 10.6 Å². The molecular formula is C18H21ClN2O. The number of nitrogens with one attached hydrogen (secondary N) is 2. The van der Waals surface area contributed by atoms with Gasteiger partial charge in [-0.1, -0.05) is 54.1 Å². The molecule has 0 heterocycles. The largest absolute Gasteiger partial charge is 0.355 e. The van der Waals surface area contributed by atoms with Gasteiger partial charge in [-0.25, -0.2) is 0 Å². The van der Waals surface area contributed by atoms with Crippen LogP contribution in [0.4, 0.5) is 0 Å². The first-order valence-corrected chi connectivity index (χ1v) is 7.82. The lowest BCUT2D eigenvalue weighted by Gasteiger charge is -2.14. The van der Waals surface area contributed by atoms with Crippen LogP contribution < -0.4 is 10.6 Å². The third kappa shape index (κ3) is 5.51. The zero-order chi connectivity index (χ0) is 15.8. The van der Waals surface area contributed by atoms with Crippen LogP contribution in [0.1, 0.15) is 24.1 Å². The Bertz CT molecular complexity index is 601. The number of rotatable bonds is 7. The maximum atomic E-state index is 11.8. The van der Waals surface area contributed by atoms with E-state index in [1.807, 2.05) is 49.4 Å². The number of carbonyl (C=O) groups is 1. The van der Waals surface area contributed by atoms with Crippen LogP contribution in [0.2, 0.25) is 5.02 Å². The lowest BCUT2D eigenvalue weighted by atomic mass is 10.1. The van der Waals surface area contributed by atoms with Crippen LogP contribution in [0.25, 0.3) is 0 Å². The Morgan fingerprint density at radius 3 is 2.64 bits per heavy atom. The highest BCUT2D eigenvalue weighted by molar-refractivity contribution is 6.30. The van der Waals surface area contributed by atoms with Gasteiger partial charge in [-0.15, -0.1) is 0 Å². The molecule has 0 spiro atoms. The minimum absolute atomic E-state index is 0.00445. The molecule has 0 radical (unpaired) electrons. The number of amides is 1. The summed E-state index contributed by atoms with van der Waals surface area (Å²) in [6.45, 7) is 2.96. The molecule has 2 aromatic carbocycles. The molecule has 2 N–H and O–H groups in total. The van der Waals surface area contributed by atoms with E-state index in [0.717, 1.165) is 12.0 Å². The highest BCUT2D eigenvalue weighted by atomic mass is 35.5. The van der Waals surface area contributed by atoms with Gasteiger partial charge >= 0.3 is 0 Å². The van der Waals surface area contributed by atoms with E-state index in [4.69, 9.17) is 11.6 Å². The Morgan fingerprint density at radius 1 is 1.14 bits per heavy atom. The second-order valence-corrected chi connectivity index (χ2v) is 5.68. The van der Waals surface area contributed by atoms with E-state index < -0.39 is 0 Å². The van der Waals surface area contributed by atoms with E-state index in [2.05, 4.69) is 22.8 Å². The van der Waals surface area contributed by atoms with Gasteiger partial charge in [0.15, 0.2) is 0 Å². The number of benzene rings is 2. The van der Waals surface area contributed by atoms with Crippen LogP contribution in [0, 0.1) is 0 Å². The van der Waals surface area contributed by atoms with Crippen molar-refractivity contribution in [2.75, 3.05) is 13.1 Å². The molecule has 0 saturated heterocycles. The molecule has 4 heteroatoms. The molecule has 2 rings (SSSR count). The Hall–Kier alpha value is -1.84. The normalized spacial score (nSPS) is 11.9. The highest BCUT2D eigenvalue weighted by Gasteiger charge is 2.07. The lowest BCUT2D eigenvalue weighted by Crippen LogP contribution is -2.36. The third-order valence-electron chi connectivity index (χ3n) is 3.50. The molecule has 2 aromatic rings. The molecule has 0 aliphatic heterocycles. The SMILES string of the molecule is C[C@H](NCC(=O)NCCc1ccccc1)c1cccc(Cl)c1. The molecule has 0 aromatic heterocycles. The second kappa shape index (κ2) is 8.57. The monoisotopic (exact) mass is 316 g/mol. The fourth-order valence-corrected chi connectivity index (χ4v) is 2.39. The molecule has 1 amide bonds. The van der Waals surface area contributed by atoms with E-state index in [0.29, 0.717) is 18.1 Å². The van der Waals surface area contributed by atoms with Gasteiger partial charge in [0.2, 0.25) is 5.91 Å². The van der Waals surface area contributed by atoms with E-state index >= 15 is 0 Å². The minimum atomic E-state index is 0.00445. The zero-order valence-corrected chi connectivity index (χ0v) is 13.4. The van der Waals surface area contributed by atoms with Crippen LogP contribution >= 0.6 is 11.6 Å². The Kier molecular flexibility index (Phi) is 6.44. The number of hydrogen-bond acceptors (Lipinski definition) is 2. The fraction of sp³-hybridized carbons (Fsp3) is 0.278. The summed E-state index contributed by atoms with van der Waals surface area (Å²) in [5.74, 6) is 0.00445. The van der Waals surface area contributed by atoms with Gasteiger partial charge < -0.3 is 10.6 Å². The Balaban J connectivity index is 1.69. The molecule has 0 bridgehead atoms. The van der Waals surface area contributed by atoms with Crippen molar-refractivity contribution in [3.8, 4) is 0 Å². The number of carbonyl (C=O) groups excluding carboxylic acids is 1. The molecule has 22 heavy (non-hydrogen) atoms. The third-order valence-corrected chi connectivity index (χ3v) is 3.73. The molecule has 0 aliphatic carbocycles. The van der Waals surface area contributed by atoms with Crippen LogP contribution in [-0.2, 0) is 11.2 Å². The summed E-state index contributed by atoms with van der Waals surface area (Å²) in [5.41, 5.74) is 2.30. The summed E-state index contributed by atoms with van der Waals surface area (Å²) < 4.78 is 0. The summed E-state index contributed by atoms with van der Waals surface area (Å²) in [7, 11) is 0. The molecule has 116 valence electrons. The van der Waals surface area contributed by atoms with Gasteiger partial charge in [0.05, 0.1) is 6.54 Å². The van der Waals surface area contributed by atoms with E-state index in [1.165, 1.54) is 5.56 Å². The summed E-state index contributed by atoms with van der Waals surface area (Å²) >= 11 is 5.97. The topological polar surface area (TPSA) is 41.1 Å². The predicted molar refractivity (Wildman–Crippen MR) is 91.0 cm³/mol. The first kappa shape index (κ1) is 16.5. The summed E-state index contributed by atoms with van der Waals surface area (Å²) in [5, 5.41) is 6.83. The van der Waals surface area contributed by atoms with Crippen molar-refractivity contribution in [2.24, 2.45) is 0 Å². The maximum Gasteiger partial charge on any atom is 0.233 e. The standard InChI is InChI=1S/C18H21ClN2O/c1-14(16-8-5-9-17(19)12-16)21-13-18(22)20-11-10-15-6-3-2-4-7-15/h2-9,12,14,21H,10-11,13H2,1H3,(H,20,22)/t14-/m0/s1. The average Bonchev–Trinajstić information content (AvgIpc) is 2.53. The zero-order valence-electron chi connectivity index (χ0n) is 12.7. The quantitative estimate of drug-likeness (QED) is 0.822. The summed E-state index contributed by atoms with van der Waals surface area (Å²) in [4.78, 5) is 11.8. The van der Waals surface area contributed by atoms with Gasteiger partial charge in [0.1, 0.15) is 0 Å². The number of hydrogen-bond donors (Lipinski definition) is 2. The van der Waals surface area contributed by atoms with Gasteiger partial charge in [-0.2, -0.15) is 0 Å². The van der Waals surface area contributed by atoms with E-state index in [-0.39, 0.29) is 11.9 Å². The highest BCUT2D eigenvalue weighted by Crippen LogP contribution is 2.16. The Morgan fingerprint density at radius 2 is 1.91 bits per heavy atom. The fourth-order valence-electron chi connectivity index (χ4n) is 2.19. The summed E-state index contributed by atoms with van der Waals surface area (Å²) in [6, 6.07) is 17.9. The predicted octanol–water partition coefficient (Wildman–Crippen LogP) is 3.35. The molecular weight excluding hydrogens is 296 g/mol. The van der Waals surface area contributed by atoms with Crippen molar-refractivity contribution in [2.45, 2.75) is 19.4 Å². The van der Waals surface area contributed by atoms with Crippen LogP contribution in [0.15, 0.2) is 54.6 Å². The van der Waals surface area contributed by atoms with Crippen molar-refractivity contribution >= 4 is 17.5 Å². The second-order valence-electron chi connectivity index (χ2n) is 5.24. The maximum absolute atomic E-state index is 11.8. The van der Waals surface area contributed by atoms with Crippen LogP contribution in [0.3, 0.4) is 0 Å². The first-order valence-electron chi connectivity index (χ1n) is 7.44. The summed E-state index contributed by atoms with van der Waals surface area (Å²) in [6.07, 6.45) is 0.844. The van der Waals surface area contributed by atoms with Crippen LogP contribution in [0.5, 0.6) is 0 Å². The molecule has 0 unspecified atom stereocenters. The van der Waals surface area contributed by atoms with Crippen molar-refractivity contribution in [3.63, 3.8) is 0 Å². The first-order chi connectivity index (χ1) is 10.6. The molecule has 1 atom stereocenters. The van der Waals surface area contributed by atoms with Crippen molar-refractivity contribution in [1.29, 1.82) is 0 Å². The smallest absolute Gasteiger partial charge is 0.233 e. The Labute approximate surface area is 136 Å².